The Kier molecular flexibility index (Phi) is 9.27. The highest BCUT2D eigenvalue weighted by Crippen LogP contribution is 2.26. The first-order valence-electron chi connectivity index (χ1n) is 12.8. The van der Waals surface area contributed by atoms with E-state index in [1.54, 1.807) is 11.8 Å². The van der Waals surface area contributed by atoms with Gasteiger partial charge in [0.15, 0.2) is 0 Å². The van der Waals surface area contributed by atoms with Crippen LogP contribution in [0.3, 0.4) is 0 Å². The SMILES string of the molecule is C[C@@H]1CN(C(=O)OCc2ccc([N+](=O)[O-])cc2)CCN1C(=O)[C@@H]1C[C@H](S)CN1C(=O)OCc1ccc([N+](=O)[O-])cc1. The summed E-state index contributed by atoms with van der Waals surface area (Å²) in [5, 5.41) is 21.4. The van der Waals surface area contributed by atoms with E-state index in [9.17, 15) is 34.6 Å². The molecule has 0 spiro atoms. The number of thiol groups is 1. The summed E-state index contributed by atoms with van der Waals surface area (Å²) >= 11 is 4.48. The van der Waals surface area contributed by atoms with Gasteiger partial charge in [-0.1, -0.05) is 0 Å². The van der Waals surface area contributed by atoms with Crippen LogP contribution in [-0.4, -0.2) is 86.2 Å². The predicted molar refractivity (Wildman–Crippen MR) is 147 cm³/mol. The molecule has 0 saturated carbocycles. The zero-order chi connectivity index (χ0) is 29.7. The molecule has 218 valence electrons. The first-order chi connectivity index (χ1) is 19.5. The molecular weight excluding hydrogens is 558 g/mol. The molecule has 15 heteroatoms. The van der Waals surface area contributed by atoms with Crippen molar-refractivity contribution in [1.29, 1.82) is 0 Å². The maximum absolute atomic E-state index is 13.5. The number of likely N-dealkylation sites (tertiary alicyclic amines) is 1. The third kappa shape index (κ3) is 7.22. The predicted octanol–water partition coefficient (Wildman–Crippen LogP) is 3.38. The molecule has 2 aromatic rings. The molecule has 14 nitrogen and oxygen atoms in total. The molecule has 4 rings (SSSR count). The van der Waals surface area contributed by atoms with Crippen LogP contribution < -0.4 is 0 Å². The number of hydrogen-bond acceptors (Lipinski definition) is 10. The minimum absolute atomic E-state index is 0.0489. The fourth-order valence-electron chi connectivity index (χ4n) is 4.78. The molecule has 2 heterocycles. The van der Waals surface area contributed by atoms with E-state index >= 15 is 0 Å². The molecule has 0 bridgehead atoms. The zero-order valence-corrected chi connectivity index (χ0v) is 23.1. The maximum Gasteiger partial charge on any atom is 0.410 e. The summed E-state index contributed by atoms with van der Waals surface area (Å²) in [6, 6.07) is 10.2. The molecule has 2 aromatic carbocycles. The van der Waals surface area contributed by atoms with Gasteiger partial charge in [0.1, 0.15) is 19.3 Å². The maximum atomic E-state index is 13.5. The van der Waals surface area contributed by atoms with E-state index in [1.165, 1.54) is 58.3 Å². The summed E-state index contributed by atoms with van der Waals surface area (Å²) in [5.41, 5.74) is 1.04. The molecule has 3 amide bonds. The van der Waals surface area contributed by atoms with Gasteiger partial charge in [0.25, 0.3) is 11.4 Å². The van der Waals surface area contributed by atoms with Crippen LogP contribution >= 0.6 is 12.6 Å². The number of nitro groups is 2. The minimum Gasteiger partial charge on any atom is -0.445 e. The van der Waals surface area contributed by atoms with E-state index in [-0.39, 0.29) is 68.0 Å². The Morgan fingerprint density at radius 2 is 1.34 bits per heavy atom. The Bertz CT molecular complexity index is 1310. The summed E-state index contributed by atoms with van der Waals surface area (Å²) in [7, 11) is 0. The number of ether oxygens (including phenoxy) is 2. The number of hydrogen-bond donors (Lipinski definition) is 1. The quantitative estimate of drug-likeness (QED) is 0.290. The first kappa shape index (κ1) is 29.6. The molecule has 0 aromatic heterocycles. The number of nitro benzene ring substituents is 2. The van der Waals surface area contributed by atoms with Crippen LogP contribution in [0.1, 0.15) is 24.5 Å². The third-order valence-corrected chi connectivity index (χ3v) is 7.36. The van der Waals surface area contributed by atoms with E-state index in [4.69, 9.17) is 9.47 Å². The smallest absolute Gasteiger partial charge is 0.410 e. The molecule has 2 aliphatic rings. The van der Waals surface area contributed by atoms with Gasteiger partial charge in [-0.25, -0.2) is 9.59 Å². The summed E-state index contributed by atoms with van der Waals surface area (Å²) in [6.45, 7) is 2.57. The topological polar surface area (TPSA) is 166 Å². The van der Waals surface area contributed by atoms with Crippen molar-refractivity contribution in [1.82, 2.24) is 14.7 Å². The summed E-state index contributed by atoms with van der Waals surface area (Å²) in [6.07, 6.45) is -0.895. The summed E-state index contributed by atoms with van der Waals surface area (Å²) in [5.74, 6) is -0.264. The molecule has 2 aliphatic heterocycles. The van der Waals surface area contributed by atoms with E-state index in [0.29, 0.717) is 17.5 Å². The molecule has 0 radical (unpaired) electrons. The van der Waals surface area contributed by atoms with Gasteiger partial charge in [0.2, 0.25) is 5.91 Å². The van der Waals surface area contributed by atoms with Crippen LogP contribution in [0.5, 0.6) is 0 Å². The average Bonchev–Trinajstić information content (AvgIpc) is 3.36. The number of nitrogens with zero attached hydrogens (tertiary/aromatic N) is 5. The van der Waals surface area contributed by atoms with Crippen molar-refractivity contribution in [3.05, 3.63) is 79.9 Å². The van der Waals surface area contributed by atoms with Crippen LogP contribution in [-0.2, 0) is 27.5 Å². The molecule has 2 fully saturated rings. The molecule has 41 heavy (non-hydrogen) atoms. The Morgan fingerprint density at radius 3 is 1.83 bits per heavy atom. The molecule has 0 N–H and O–H groups in total. The van der Waals surface area contributed by atoms with Crippen LogP contribution in [0.4, 0.5) is 21.0 Å². The van der Waals surface area contributed by atoms with Gasteiger partial charge in [0.05, 0.1) is 9.85 Å². The number of non-ortho nitro benzene ring substituents is 2. The highest BCUT2D eigenvalue weighted by molar-refractivity contribution is 7.81. The summed E-state index contributed by atoms with van der Waals surface area (Å²) in [4.78, 5) is 64.1. The van der Waals surface area contributed by atoms with Crippen molar-refractivity contribution in [3.63, 3.8) is 0 Å². The van der Waals surface area contributed by atoms with E-state index < -0.39 is 28.1 Å². The molecular formula is C26H29N5O9S. The lowest BCUT2D eigenvalue weighted by molar-refractivity contribution is -0.385. The van der Waals surface area contributed by atoms with Crippen molar-refractivity contribution in [3.8, 4) is 0 Å². The summed E-state index contributed by atoms with van der Waals surface area (Å²) < 4.78 is 10.8. The second kappa shape index (κ2) is 12.8. The van der Waals surface area contributed by atoms with E-state index in [1.807, 2.05) is 0 Å². The van der Waals surface area contributed by atoms with Crippen molar-refractivity contribution in [2.24, 2.45) is 0 Å². The Morgan fingerprint density at radius 1 is 0.829 bits per heavy atom. The highest BCUT2D eigenvalue weighted by atomic mass is 32.1. The van der Waals surface area contributed by atoms with Gasteiger partial charge in [0, 0.05) is 61.7 Å². The fraction of sp³-hybridized carbons (Fsp3) is 0.423. The van der Waals surface area contributed by atoms with Gasteiger partial charge in [-0.2, -0.15) is 12.6 Å². The number of carbonyl (C=O) groups excluding carboxylic acids is 3. The van der Waals surface area contributed by atoms with Crippen LogP contribution in [0.25, 0.3) is 0 Å². The first-order valence-corrected chi connectivity index (χ1v) is 13.4. The number of amides is 3. The standard InChI is InChI=1S/C26H29N5O9S/c1-17-13-27(25(33)39-15-18-2-6-20(7-3-18)30(35)36)10-11-28(17)24(32)23-12-22(41)14-29(23)26(34)40-16-19-4-8-21(9-5-19)31(37)38/h2-9,17,22-23,41H,10-16H2,1H3/t17-,22+,23+/m1/s1. The fourth-order valence-corrected chi connectivity index (χ4v) is 5.16. The largest absolute Gasteiger partial charge is 0.445 e. The Labute approximate surface area is 240 Å². The lowest BCUT2D eigenvalue weighted by Gasteiger charge is -2.41. The van der Waals surface area contributed by atoms with Gasteiger partial charge in [-0.3, -0.25) is 29.9 Å². The van der Waals surface area contributed by atoms with Gasteiger partial charge in [-0.15, -0.1) is 0 Å². The number of piperazine rings is 1. The molecule has 3 atom stereocenters. The Balaban J connectivity index is 1.29. The number of carbonyl (C=O) groups is 3. The minimum atomic E-state index is -0.773. The van der Waals surface area contributed by atoms with Crippen LogP contribution in [0, 0.1) is 20.2 Å². The van der Waals surface area contributed by atoms with Crippen molar-refractivity contribution < 1.29 is 33.7 Å². The third-order valence-electron chi connectivity index (χ3n) is 6.99. The molecule has 2 saturated heterocycles. The Hall–Kier alpha value is -4.40. The lowest BCUT2D eigenvalue weighted by atomic mass is 10.1. The second-order valence-electron chi connectivity index (χ2n) is 9.84. The van der Waals surface area contributed by atoms with Crippen molar-refractivity contribution in [2.45, 2.75) is 43.9 Å². The van der Waals surface area contributed by atoms with Gasteiger partial charge >= 0.3 is 12.2 Å². The van der Waals surface area contributed by atoms with E-state index in [0.717, 1.165) is 0 Å². The highest BCUT2D eigenvalue weighted by Gasteiger charge is 2.43. The van der Waals surface area contributed by atoms with Crippen LogP contribution in [0.2, 0.25) is 0 Å². The van der Waals surface area contributed by atoms with Crippen molar-refractivity contribution in [2.75, 3.05) is 26.2 Å². The monoisotopic (exact) mass is 587 g/mol. The number of benzene rings is 2. The van der Waals surface area contributed by atoms with E-state index in [2.05, 4.69) is 12.6 Å². The van der Waals surface area contributed by atoms with Crippen LogP contribution in [0.15, 0.2) is 48.5 Å². The average molecular weight is 588 g/mol. The zero-order valence-electron chi connectivity index (χ0n) is 22.2. The number of rotatable bonds is 7. The molecule has 0 aliphatic carbocycles. The van der Waals surface area contributed by atoms with Gasteiger partial charge in [-0.05, 0) is 48.7 Å². The second-order valence-corrected chi connectivity index (χ2v) is 10.6. The van der Waals surface area contributed by atoms with Gasteiger partial charge < -0.3 is 19.3 Å². The van der Waals surface area contributed by atoms with Crippen molar-refractivity contribution >= 4 is 42.1 Å². The normalized spacial score (nSPS) is 20.4. The lowest BCUT2D eigenvalue weighted by Crippen LogP contribution is -2.59. The molecule has 0 unspecified atom stereocenters.